The highest BCUT2D eigenvalue weighted by Crippen LogP contribution is 2.16. The molecule has 0 aliphatic carbocycles. The predicted octanol–water partition coefficient (Wildman–Crippen LogP) is 3.59. The number of benzene rings is 1. The molecular weight excluding hydrogens is 247 g/mol. The van der Waals surface area contributed by atoms with Crippen LogP contribution < -0.4 is 0 Å². The zero-order valence-corrected chi connectivity index (χ0v) is 11.5. The van der Waals surface area contributed by atoms with E-state index in [-0.39, 0.29) is 12.4 Å². The number of thioether (sulfide) groups is 1. The van der Waals surface area contributed by atoms with Crippen LogP contribution in [0.3, 0.4) is 0 Å². The first-order chi connectivity index (χ1) is 8.77. The average Bonchev–Trinajstić information content (AvgIpc) is 2.38. The van der Waals surface area contributed by atoms with Gasteiger partial charge >= 0.3 is 0 Å². The third kappa shape index (κ3) is 5.57. The molecule has 1 nitrogen and oxygen atoms in total. The minimum absolute atomic E-state index is 0.0151. The van der Waals surface area contributed by atoms with E-state index in [1.54, 1.807) is 6.07 Å². The maximum absolute atomic E-state index is 13.5. The standard InChI is InChI=1S/C15H19FOS/c1-2-3-10-18-12-13-7-8-15(16)14(11-13)6-4-5-9-17/h7-8,11,17H,2-3,5,9-10,12H2,1H3. The van der Waals surface area contributed by atoms with Gasteiger partial charge in [0.1, 0.15) is 5.82 Å². The summed E-state index contributed by atoms with van der Waals surface area (Å²) in [6.45, 7) is 2.19. The normalized spacial score (nSPS) is 9.94. The van der Waals surface area contributed by atoms with Crippen LogP contribution in [0.25, 0.3) is 0 Å². The Morgan fingerprint density at radius 3 is 2.94 bits per heavy atom. The second-order valence-corrected chi connectivity index (χ2v) is 5.10. The van der Waals surface area contributed by atoms with Crippen molar-refractivity contribution in [1.29, 1.82) is 0 Å². The SMILES string of the molecule is CCCCSCc1ccc(F)c(C#CCCO)c1. The zero-order valence-electron chi connectivity index (χ0n) is 10.7. The predicted molar refractivity (Wildman–Crippen MR) is 76.1 cm³/mol. The average molecular weight is 266 g/mol. The Hall–Kier alpha value is -0.980. The van der Waals surface area contributed by atoms with Gasteiger partial charge in [-0.25, -0.2) is 4.39 Å². The maximum atomic E-state index is 13.5. The van der Waals surface area contributed by atoms with Gasteiger partial charge in [0.15, 0.2) is 0 Å². The lowest BCUT2D eigenvalue weighted by atomic mass is 10.1. The Morgan fingerprint density at radius 1 is 1.39 bits per heavy atom. The fraction of sp³-hybridized carbons (Fsp3) is 0.467. The summed E-state index contributed by atoms with van der Waals surface area (Å²) >= 11 is 1.86. The molecule has 0 radical (unpaired) electrons. The molecule has 0 bridgehead atoms. The van der Waals surface area contributed by atoms with Gasteiger partial charge < -0.3 is 5.11 Å². The third-order valence-corrected chi connectivity index (χ3v) is 3.52. The monoisotopic (exact) mass is 266 g/mol. The van der Waals surface area contributed by atoms with E-state index < -0.39 is 0 Å². The molecule has 0 aliphatic heterocycles. The zero-order chi connectivity index (χ0) is 13.2. The molecule has 1 aromatic carbocycles. The van der Waals surface area contributed by atoms with Gasteiger partial charge in [-0.3, -0.25) is 0 Å². The topological polar surface area (TPSA) is 20.2 Å². The Labute approximate surface area is 113 Å². The van der Waals surface area contributed by atoms with Gasteiger partial charge in [-0.1, -0.05) is 31.3 Å². The van der Waals surface area contributed by atoms with E-state index in [4.69, 9.17) is 5.11 Å². The van der Waals surface area contributed by atoms with Gasteiger partial charge in [0.05, 0.1) is 12.2 Å². The molecule has 0 atom stereocenters. The molecule has 0 saturated carbocycles. The summed E-state index contributed by atoms with van der Waals surface area (Å²) in [5.41, 5.74) is 1.53. The molecule has 0 amide bonds. The molecule has 98 valence electrons. The number of halogens is 1. The summed E-state index contributed by atoms with van der Waals surface area (Å²) in [4.78, 5) is 0. The van der Waals surface area contributed by atoms with Crippen molar-refractivity contribution < 1.29 is 9.50 Å². The summed E-state index contributed by atoms with van der Waals surface area (Å²) in [7, 11) is 0. The number of hydrogen-bond donors (Lipinski definition) is 1. The summed E-state index contributed by atoms with van der Waals surface area (Å²) in [5, 5.41) is 8.64. The first-order valence-electron chi connectivity index (χ1n) is 6.23. The van der Waals surface area contributed by atoms with Gasteiger partial charge in [0.25, 0.3) is 0 Å². The van der Waals surface area contributed by atoms with Crippen molar-refractivity contribution in [3.05, 3.63) is 35.1 Å². The molecule has 0 aliphatic rings. The summed E-state index contributed by atoms with van der Waals surface area (Å²) in [6.07, 6.45) is 2.80. The molecule has 3 heteroatoms. The van der Waals surface area contributed by atoms with E-state index in [1.165, 1.54) is 18.9 Å². The van der Waals surface area contributed by atoms with E-state index in [1.807, 2.05) is 17.8 Å². The Bertz CT molecular complexity index is 420. The third-order valence-electron chi connectivity index (χ3n) is 2.40. The Kier molecular flexibility index (Phi) is 7.55. The van der Waals surface area contributed by atoms with E-state index in [9.17, 15) is 4.39 Å². The van der Waals surface area contributed by atoms with Gasteiger partial charge in [0.2, 0.25) is 0 Å². The molecule has 1 rings (SSSR count). The minimum atomic E-state index is -0.289. The highest BCUT2D eigenvalue weighted by atomic mass is 32.2. The van der Waals surface area contributed by atoms with Crippen molar-refractivity contribution in [3.63, 3.8) is 0 Å². The van der Waals surface area contributed by atoms with Crippen LogP contribution in [0.15, 0.2) is 18.2 Å². The molecule has 0 fully saturated rings. The van der Waals surface area contributed by atoms with Gasteiger partial charge in [-0.05, 0) is 29.9 Å². The van der Waals surface area contributed by atoms with Crippen molar-refractivity contribution in [2.45, 2.75) is 31.9 Å². The van der Waals surface area contributed by atoms with Crippen LogP contribution in [-0.2, 0) is 5.75 Å². The minimum Gasteiger partial charge on any atom is -0.395 e. The van der Waals surface area contributed by atoms with Gasteiger partial charge in [0, 0.05) is 12.2 Å². The highest BCUT2D eigenvalue weighted by Gasteiger charge is 2.01. The molecule has 0 heterocycles. The molecule has 0 saturated heterocycles. The molecule has 18 heavy (non-hydrogen) atoms. The van der Waals surface area contributed by atoms with Crippen molar-refractivity contribution in [2.75, 3.05) is 12.4 Å². The Morgan fingerprint density at radius 2 is 2.22 bits per heavy atom. The van der Waals surface area contributed by atoms with Crippen LogP contribution in [0.1, 0.15) is 37.3 Å². The lowest BCUT2D eigenvalue weighted by Gasteiger charge is -2.03. The van der Waals surface area contributed by atoms with Crippen LogP contribution in [-0.4, -0.2) is 17.5 Å². The number of hydrogen-bond acceptors (Lipinski definition) is 2. The lowest BCUT2D eigenvalue weighted by molar-refractivity contribution is 0.305. The van der Waals surface area contributed by atoms with E-state index in [0.29, 0.717) is 12.0 Å². The van der Waals surface area contributed by atoms with Gasteiger partial charge in [-0.2, -0.15) is 11.8 Å². The first kappa shape index (κ1) is 15.1. The first-order valence-corrected chi connectivity index (χ1v) is 7.39. The highest BCUT2D eigenvalue weighted by molar-refractivity contribution is 7.98. The van der Waals surface area contributed by atoms with Crippen molar-refractivity contribution in [2.24, 2.45) is 0 Å². The molecule has 0 unspecified atom stereocenters. The second-order valence-electron chi connectivity index (χ2n) is 4.00. The summed E-state index contributed by atoms with van der Waals surface area (Å²) in [5.74, 6) is 7.26. The van der Waals surface area contributed by atoms with E-state index >= 15 is 0 Å². The molecule has 0 aromatic heterocycles. The van der Waals surface area contributed by atoms with Crippen LogP contribution >= 0.6 is 11.8 Å². The van der Waals surface area contributed by atoms with Crippen molar-refractivity contribution in [3.8, 4) is 11.8 Å². The van der Waals surface area contributed by atoms with Gasteiger partial charge in [-0.15, -0.1) is 0 Å². The number of rotatable bonds is 6. The largest absolute Gasteiger partial charge is 0.395 e. The smallest absolute Gasteiger partial charge is 0.138 e. The quantitative estimate of drug-likeness (QED) is 0.627. The fourth-order valence-corrected chi connectivity index (χ4v) is 2.46. The van der Waals surface area contributed by atoms with Crippen molar-refractivity contribution in [1.82, 2.24) is 0 Å². The maximum Gasteiger partial charge on any atom is 0.138 e. The molecule has 1 N–H and O–H groups in total. The number of aliphatic hydroxyl groups excluding tert-OH is 1. The fourth-order valence-electron chi connectivity index (χ4n) is 1.41. The molecule has 0 spiro atoms. The summed E-state index contributed by atoms with van der Waals surface area (Å²) in [6, 6.07) is 5.09. The van der Waals surface area contributed by atoms with Crippen molar-refractivity contribution >= 4 is 11.8 Å². The summed E-state index contributed by atoms with van der Waals surface area (Å²) < 4.78 is 13.5. The number of aliphatic hydroxyl groups is 1. The van der Waals surface area contributed by atoms with E-state index in [0.717, 1.165) is 17.1 Å². The van der Waals surface area contributed by atoms with Crippen LogP contribution in [0.4, 0.5) is 4.39 Å². The van der Waals surface area contributed by atoms with E-state index in [2.05, 4.69) is 18.8 Å². The van der Waals surface area contributed by atoms with Crippen LogP contribution in [0.2, 0.25) is 0 Å². The van der Waals surface area contributed by atoms with Crippen LogP contribution in [0, 0.1) is 17.7 Å². The van der Waals surface area contributed by atoms with Crippen LogP contribution in [0.5, 0.6) is 0 Å². The molecule has 1 aromatic rings. The number of unbranched alkanes of at least 4 members (excludes halogenated alkanes) is 1. The second kappa shape index (κ2) is 9.02. The molecular formula is C15H19FOS. The lowest BCUT2D eigenvalue weighted by Crippen LogP contribution is -1.89. The Balaban J connectivity index is 2.60.